The van der Waals surface area contributed by atoms with E-state index in [1.165, 1.54) is 5.56 Å². The number of rotatable bonds is 5. The molecule has 3 aliphatic heterocycles. The minimum atomic E-state index is -4.26. The van der Waals surface area contributed by atoms with Crippen molar-refractivity contribution in [1.82, 2.24) is 4.58 Å². The van der Waals surface area contributed by atoms with Crippen LogP contribution in [0.15, 0.2) is 48.5 Å². The van der Waals surface area contributed by atoms with E-state index in [1.807, 2.05) is 31.3 Å². The molecule has 2 atom stereocenters. The number of anilines is 1. The SMILES string of the molecule is CCC1CC(C)(C)[N+](C)=c2cc3c(cc21)=C(c1ccccc1C(=O)O)c1cc2c(cc1O3)N(C)C(C)(C)CC2CS(=O)(=O)O. The second-order valence-corrected chi connectivity index (χ2v) is 15.3. The minimum absolute atomic E-state index is 0.0492. The summed E-state index contributed by atoms with van der Waals surface area (Å²) in [5.41, 5.74) is 4.57. The third-order valence-corrected chi connectivity index (χ3v) is 11.1. The minimum Gasteiger partial charge on any atom is -0.478 e. The molecular weight excluding hydrogens is 576 g/mol. The van der Waals surface area contributed by atoms with Crippen molar-refractivity contribution in [2.75, 3.05) is 24.7 Å². The molecule has 2 unspecified atom stereocenters. The molecule has 9 heteroatoms. The number of carboxylic acid groups (broad SMARTS) is 1. The maximum absolute atomic E-state index is 12.5. The van der Waals surface area contributed by atoms with Crippen molar-refractivity contribution in [2.24, 2.45) is 0 Å². The monoisotopic (exact) mass is 617 g/mol. The van der Waals surface area contributed by atoms with Crippen LogP contribution in [0.1, 0.15) is 98.3 Å². The van der Waals surface area contributed by atoms with Crippen LogP contribution in [0.5, 0.6) is 11.5 Å². The van der Waals surface area contributed by atoms with Gasteiger partial charge in [0.05, 0.1) is 17.4 Å². The fourth-order valence-corrected chi connectivity index (χ4v) is 8.33. The average molecular weight is 618 g/mol. The number of aromatic carboxylic acids is 1. The number of hydrogen-bond donors (Lipinski definition) is 2. The van der Waals surface area contributed by atoms with E-state index in [2.05, 4.69) is 63.3 Å². The van der Waals surface area contributed by atoms with E-state index in [0.29, 0.717) is 35.0 Å². The number of carbonyl (C=O) groups is 1. The topological polar surface area (TPSA) is 107 Å². The van der Waals surface area contributed by atoms with Crippen molar-refractivity contribution in [3.05, 3.63) is 86.9 Å². The fraction of sp³-hybridized carbons (Fsp3) is 0.429. The van der Waals surface area contributed by atoms with Crippen molar-refractivity contribution in [1.29, 1.82) is 0 Å². The van der Waals surface area contributed by atoms with E-state index < -0.39 is 27.8 Å². The summed E-state index contributed by atoms with van der Waals surface area (Å²) in [6.07, 6.45) is 2.47. The van der Waals surface area contributed by atoms with E-state index in [1.54, 1.807) is 12.1 Å². The van der Waals surface area contributed by atoms with Crippen LogP contribution in [0, 0.1) is 0 Å². The summed E-state index contributed by atoms with van der Waals surface area (Å²) in [5, 5.41) is 12.2. The van der Waals surface area contributed by atoms with Gasteiger partial charge in [0.2, 0.25) is 5.36 Å². The lowest BCUT2D eigenvalue weighted by molar-refractivity contribution is 0.0696. The average Bonchev–Trinajstić information content (AvgIpc) is 2.94. The Hall–Kier alpha value is -3.69. The van der Waals surface area contributed by atoms with Crippen LogP contribution in [0.3, 0.4) is 0 Å². The van der Waals surface area contributed by atoms with Gasteiger partial charge >= 0.3 is 5.97 Å². The van der Waals surface area contributed by atoms with Crippen LogP contribution < -0.4 is 24.8 Å². The molecule has 0 fully saturated rings. The van der Waals surface area contributed by atoms with Gasteiger partial charge in [0.15, 0.2) is 5.54 Å². The molecule has 0 saturated carbocycles. The molecule has 0 aliphatic carbocycles. The largest absolute Gasteiger partial charge is 0.478 e. The lowest BCUT2D eigenvalue weighted by Crippen LogP contribution is -2.50. The van der Waals surface area contributed by atoms with Gasteiger partial charge in [0.25, 0.3) is 10.1 Å². The molecule has 2 N–H and O–H groups in total. The van der Waals surface area contributed by atoms with Gasteiger partial charge in [-0.1, -0.05) is 25.1 Å². The highest BCUT2D eigenvalue weighted by molar-refractivity contribution is 7.85. The third-order valence-electron chi connectivity index (χ3n) is 10.3. The summed E-state index contributed by atoms with van der Waals surface area (Å²) in [6, 6.07) is 15.2. The molecule has 0 spiro atoms. The standard InChI is InChI=1S/C35H40N2O6S/c1-8-20-17-34(2,3)36(6)28-15-30-26(13-24(20)28)32(22-11-9-10-12-23(22)33(38)39)27-14-25-21(19-44(40,41)42)18-35(4,5)37(7)29(25)16-31(27)43-30/h9-16,20-21H,8,17-19H2,1-7H3,(H-,38,39,40,41,42)/p+1. The molecular formula is C35H41N2O6S+. The van der Waals surface area contributed by atoms with Gasteiger partial charge < -0.3 is 14.7 Å². The molecule has 44 heavy (non-hydrogen) atoms. The summed E-state index contributed by atoms with van der Waals surface area (Å²) in [5.74, 6) is -0.348. The number of nitrogens with zero attached hydrogens (tertiary/aromatic N) is 2. The molecule has 3 aliphatic rings. The van der Waals surface area contributed by atoms with Crippen LogP contribution in [0.4, 0.5) is 5.69 Å². The zero-order valence-electron chi connectivity index (χ0n) is 26.4. The quantitative estimate of drug-likeness (QED) is 0.236. The van der Waals surface area contributed by atoms with Gasteiger partial charge in [0.1, 0.15) is 18.5 Å². The van der Waals surface area contributed by atoms with Crippen LogP contribution in [0.2, 0.25) is 0 Å². The summed E-state index contributed by atoms with van der Waals surface area (Å²) in [6.45, 7) is 10.8. The van der Waals surface area contributed by atoms with Gasteiger partial charge in [-0.25, -0.2) is 9.37 Å². The lowest BCUT2D eigenvalue weighted by Gasteiger charge is -2.46. The number of hydrogen-bond acceptors (Lipinski definition) is 5. The Kier molecular flexibility index (Phi) is 7.01. The van der Waals surface area contributed by atoms with Crippen LogP contribution in [-0.4, -0.2) is 55.0 Å². The van der Waals surface area contributed by atoms with E-state index in [-0.39, 0.29) is 16.6 Å². The first-order chi connectivity index (χ1) is 20.5. The highest BCUT2D eigenvalue weighted by atomic mass is 32.2. The van der Waals surface area contributed by atoms with Crippen LogP contribution in [0.25, 0.3) is 5.57 Å². The van der Waals surface area contributed by atoms with Crippen molar-refractivity contribution >= 4 is 27.3 Å². The van der Waals surface area contributed by atoms with Crippen molar-refractivity contribution in [3.8, 4) is 11.5 Å². The number of ether oxygens (including phenoxy) is 1. The summed E-state index contributed by atoms with van der Waals surface area (Å²) in [7, 11) is -0.168. The van der Waals surface area contributed by atoms with Gasteiger partial charge in [-0.2, -0.15) is 8.42 Å². The van der Waals surface area contributed by atoms with Gasteiger partial charge in [0, 0.05) is 58.6 Å². The first-order valence-electron chi connectivity index (χ1n) is 15.2. The molecule has 0 amide bonds. The Morgan fingerprint density at radius 2 is 1.70 bits per heavy atom. The molecule has 0 bridgehead atoms. The zero-order chi connectivity index (χ0) is 31.9. The first-order valence-corrected chi connectivity index (χ1v) is 16.8. The number of fused-ring (bicyclic) bond motifs is 4. The van der Waals surface area contributed by atoms with E-state index in [9.17, 15) is 22.9 Å². The Morgan fingerprint density at radius 3 is 2.36 bits per heavy atom. The smallest absolute Gasteiger partial charge is 0.336 e. The van der Waals surface area contributed by atoms with E-state index in [4.69, 9.17) is 4.74 Å². The van der Waals surface area contributed by atoms with Crippen molar-refractivity contribution in [2.45, 2.75) is 76.8 Å². The van der Waals surface area contributed by atoms with Crippen molar-refractivity contribution < 1.29 is 27.6 Å². The van der Waals surface area contributed by atoms with Crippen LogP contribution in [-0.2, 0) is 10.1 Å². The molecule has 0 saturated heterocycles. The van der Waals surface area contributed by atoms with Gasteiger partial charge in [-0.15, -0.1) is 0 Å². The maximum atomic E-state index is 12.5. The molecule has 6 rings (SSSR count). The Bertz CT molecular complexity index is 1960. The molecule has 8 nitrogen and oxygen atoms in total. The first kappa shape index (κ1) is 30.3. The van der Waals surface area contributed by atoms with Gasteiger partial charge in [-0.3, -0.25) is 4.55 Å². The Balaban J connectivity index is 1.74. The molecule has 3 aromatic carbocycles. The Morgan fingerprint density at radius 1 is 1.00 bits per heavy atom. The second kappa shape index (κ2) is 10.2. The summed E-state index contributed by atoms with van der Waals surface area (Å²) >= 11 is 0. The van der Waals surface area contributed by atoms with E-state index >= 15 is 0 Å². The Labute approximate surface area is 259 Å². The number of benzene rings is 3. The van der Waals surface area contributed by atoms with Gasteiger partial charge in [-0.05, 0) is 75.8 Å². The number of carboxylic acids is 1. The molecule has 0 aromatic heterocycles. The normalized spacial score (nSPS) is 21.5. The molecule has 3 heterocycles. The van der Waals surface area contributed by atoms with Crippen LogP contribution >= 0.6 is 0 Å². The second-order valence-electron chi connectivity index (χ2n) is 13.8. The zero-order valence-corrected chi connectivity index (χ0v) is 27.2. The van der Waals surface area contributed by atoms with Crippen molar-refractivity contribution in [3.63, 3.8) is 0 Å². The maximum Gasteiger partial charge on any atom is 0.336 e. The summed E-state index contributed by atoms with van der Waals surface area (Å²) < 4.78 is 43.3. The predicted molar refractivity (Wildman–Crippen MR) is 172 cm³/mol. The molecule has 3 aromatic rings. The fourth-order valence-electron chi connectivity index (χ4n) is 7.53. The predicted octanol–water partition coefficient (Wildman–Crippen LogP) is 5.12. The third kappa shape index (κ3) is 4.90. The summed E-state index contributed by atoms with van der Waals surface area (Å²) in [4.78, 5) is 14.7. The highest BCUT2D eigenvalue weighted by Gasteiger charge is 2.41. The lowest BCUT2D eigenvalue weighted by atomic mass is 9.77. The molecule has 232 valence electrons. The van der Waals surface area contributed by atoms with E-state index in [0.717, 1.165) is 40.2 Å². The molecule has 0 radical (unpaired) electrons. The highest BCUT2D eigenvalue weighted by Crippen LogP contribution is 2.49.